The Morgan fingerprint density at radius 1 is 1.44 bits per heavy atom. The summed E-state index contributed by atoms with van der Waals surface area (Å²) in [7, 11) is 0. The first-order chi connectivity index (χ1) is 8.54. The number of aryl methyl sites for hydroxylation is 1. The fraction of sp³-hybridized carbons (Fsp3) is 0.333. The Morgan fingerprint density at radius 3 is 2.78 bits per heavy atom. The lowest BCUT2D eigenvalue weighted by atomic mass is 10.1. The first-order valence-electron chi connectivity index (χ1n) is 5.46. The first kappa shape index (κ1) is 14.1. The summed E-state index contributed by atoms with van der Waals surface area (Å²) in [5.41, 5.74) is 6.45. The SMILES string of the molecule is Cc1ccc(NC(=O)COCCN)cc1C(=O)O. The molecule has 18 heavy (non-hydrogen) atoms. The second kappa shape index (κ2) is 6.73. The molecule has 1 rings (SSSR count). The van der Waals surface area contributed by atoms with Gasteiger partial charge in [-0.3, -0.25) is 4.79 Å². The standard InChI is InChI=1S/C12H16N2O4/c1-8-2-3-9(6-10(8)12(16)17)14-11(15)7-18-5-4-13/h2-3,6H,4-5,7,13H2,1H3,(H,14,15)(H,16,17). The zero-order valence-corrected chi connectivity index (χ0v) is 10.1. The molecule has 0 aliphatic rings. The van der Waals surface area contributed by atoms with E-state index in [4.69, 9.17) is 15.6 Å². The first-order valence-corrected chi connectivity index (χ1v) is 5.46. The van der Waals surface area contributed by atoms with Crippen molar-refractivity contribution in [3.8, 4) is 0 Å². The van der Waals surface area contributed by atoms with Crippen LogP contribution in [0.2, 0.25) is 0 Å². The quantitative estimate of drug-likeness (QED) is 0.644. The van der Waals surface area contributed by atoms with E-state index >= 15 is 0 Å². The Bertz CT molecular complexity index is 446. The van der Waals surface area contributed by atoms with E-state index in [0.717, 1.165) is 0 Å². The van der Waals surface area contributed by atoms with Crippen molar-refractivity contribution in [3.05, 3.63) is 29.3 Å². The summed E-state index contributed by atoms with van der Waals surface area (Å²) in [6, 6.07) is 4.70. The van der Waals surface area contributed by atoms with Gasteiger partial charge in [-0.05, 0) is 24.6 Å². The number of amides is 1. The smallest absolute Gasteiger partial charge is 0.336 e. The molecule has 0 atom stereocenters. The van der Waals surface area contributed by atoms with Gasteiger partial charge in [-0.1, -0.05) is 6.07 Å². The van der Waals surface area contributed by atoms with Gasteiger partial charge in [0.25, 0.3) is 0 Å². The second-order valence-corrected chi connectivity index (χ2v) is 3.72. The lowest BCUT2D eigenvalue weighted by molar-refractivity contribution is -0.120. The Balaban J connectivity index is 2.65. The van der Waals surface area contributed by atoms with Crippen LogP contribution in [-0.2, 0) is 9.53 Å². The van der Waals surface area contributed by atoms with Crippen molar-refractivity contribution in [2.45, 2.75) is 6.92 Å². The molecular formula is C12H16N2O4. The number of carboxylic acids is 1. The van der Waals surface area contributed by atoms with Crippen LogP contribution in [0.25, 0.3) is 0 Å². The van der Waals surface area contributed by atoms with Gasteiger partial charge in [0.2, 0.25) is 5.91 Å². The largest absolute Gasteiger partial charge is 0.478 e. The second-order valence-electron chi connectivity index (χ2n) is 3.72. The predicted octanol–water partition coefficient (Wildman–Crippen LogP) is 0.607. The van der Waals surface area contributed by atoms with Crippen molar-refractivity contribution in [2.75, 3.05) is 25.1 Å². The zero-order chi connectivity index (χ0) is 13.5. The molecule has 0 fully saturated rings. The lowest BCUT2D eigenvalue weighted by Crippen LogP contribution is -2.21. The molecule has 98 valence electrons. The summed E-state index contributed by atoms with van der Waals surface area (Å²) in [4.78, 5) is 22.3. The maximum absolute atomic E-state index is 11.4. The molecule has 6 heteroatoms. The Morgan fingerprint density at radius 2 is 2.17 bits per heavy atom. The molecule has 4 N–H and O–H groups in total. The van der Waals surface area contributed by atoms with Crippen LogP contribution in [0.4, 0.5) is 5.69 Å². The molecule has 0 spiro atoms. The molecule has 1 aromatic carbocycles. The topological polar surface area (TPSA) is 102 Å². The summed E-state index contributed by atoms with van der Waals surface area (Å²) < 4.78 is 4.96. The average Bonchev–Trinajstić information content (AvgIpc) is 2.31. The van der Waals surface area contributed by atoms with Crippen LogP contribution in [0, 0.1) is 6.92 Å². The molecule has 0 aromatic heterocycles. The molecule has 0 unspecified atom stereocenters. The Labute approximate surface area is 105 Å². The summed E-state index contributed by atoms with van der Waals surface area (Å²) in [6.07, 6.45) is 0. The van der Waals surface area contributed by atoms with E-state index in [2.05, 4.69) is 5.32 Å². The molecule has 0 saturated carbocycles. The minimum atomic E-state index is -1.03. The molecule has 0 heterocycles. The maximum Gasteiger partial charge on any atom is 0.336 e. The molecule has 1 amide bonds. The highest BCUT2D eigenvalue weighted by Gasteiger charge is 2.09. The van der Waals surface area contributed by atoms with Crippen molar-refractivity contribution in [1.82, 2.24) is 0 Å². The van der Waals surface area contributed by atoms with Crippen molar-refractivity contribution < 1.29 is 19.4 Å². The van der Waals surface area contributed by atoms with E-state index in [-0.39, 0.29) is 18.1 Å². The minimum Gasteiger partial charge on any atom is -0.478 e. The molecule has 6 nitrogen and oxygen atoms in total. The number of hydrogen-bond acceptors (Lipinski definition) is 4. The number of rotatable bonds is 6. The van der Waals surface area contributed by atoms with Gasteiger partial charge in [0, 0.05) is 12.2 Å². The zero-order valence-electron chi connectivity index (χ0n) is 10.1. The van der Waals surface area contributed by atoms with E-state index in [9.17, 15) is 9.59 Å². The molecule has 0 saturated heterocycles. The van der Waals surface area contributed by atoms with E-state index < -0.39 is 5.97 Å². The van der Waals surface area contributed by atoms with Gasteiger partial charge in [-0.2, -0.15) is 0 Å². The van der Waals surface area contributed by atoms with Crippen LogP contribution in [0.15, 0.2) is 18.2 Å². The van der Waals surface area contributed by atoms with E-state index in [1.165, 1.54) is 6.07 Å². The van der Waals surface area contributed by atoms with Crippen molar-refractivity contribution in [2.24, 2.45) is 5.73 Å². The number of nitrogens with one attached hydrogen (secondary N) is 1. The average molecular weight is 252 g/mol. The van der Waals surface area contributed by atoms with Crippen LogP contribution < -0.4 is 11.1 Å². The number of ether oxygens (including phenoxy) is 1. The summed E-state index contributed by atoms with van der Waals surface area (Å²) in [5, 5.41) is 11.5. The highest BCUT2D eigenvalue weighted by Crippen LogP contribution is 2.15. The molecule has 0 radical (unpaired) electrons. The van der Waals surface area contributed by atoms with E-state index in [0.29, 0.717) is 24.4 Å². The van der Waals surface area contributed by atoms with E-state index in [1.54, 1.807) is 19.1 Å². The monoisotopic (exact) mass is 252 g/mol. The molecule has 0 bridgehead atoms. The summed E-state index contributed by atoms with van der Waals surface area (Å²) >= 11 is 0. The maximum atomic E-state index is 11.4. The number of carbonyl (C=O) groups excluding carboxylic acids is 1. The van der Waals surface area contributed by atoms with Gasteiger partial charge in [-0.25, -0.2) is 4.79 Å². The number of anilines is 1. The number of nitrogens with two attached hydrogens (primary N) is 1. The number of hydrogen-bond donors (Lipinski definition) is 3. The molecular weight excluding hydrogens is 236 g/mol. The third-order valence-corrected chi connectivity index (χ3v) is 2.25. The lowest BCUT2D eigenvalue weighted by Gasteiger charge is -2.08. The Kier molecular flexibility index (Phi) is 5.29. The van der Waals surface area contributed by atoms with Gasteiger partial charge >= 0.3 is 5.97 Å². The van der Waals surface area contributed by atoms with Gasteiger partial charge in [0.05, 0.1) is 12.2 Å². The van der Waals surface area contributed by atoms with Crippen molar-refractivity contribution in [3.63, 3.8) is 0 Å². The molecule has 0 aliphatic heterocycles. The number of carboxylic acid groups (broad SMARTS) is 1. The molecule has 1 aromatic rings. The van der Waals surface area contributed by atoms with Crippen molar-refractivity contribution in [1.29, 1.82) is 0 Å². The summed E-state index contributed by atoms with van der Waals surface area (Å²) in [6.45, 7) is 2.25. The molecule has 0 aliphatic carbocycles. The van der Waals surface area contributed by atoms with E-state index in [1.807, 2.05) is 0 Å². The third-order valence-electron chi connectivity index (χ3n) is 2.25. The van der Waals surface area contributed by atoms with Crippen LogP contribution in [0.1, 0.15) is 15.9 Å². The van der Waals surface area contributed by atoms with Gasteiger partial charge in [-0.15, -0.1) is 0 Å². The third kappa shape index (κ3) is 4.15. The number of benzene rings is 1. The number of aromatic carboxylic acids is 1. The van der Waals surface area contributed by atoms with Gasteiger partial charge in [0.15, 0.2) is 0 Å². The van der Waals surface area contributed by atoms with Crippen molar-refractivity contribution >= 4 is 17.6 Å². The Hall–Kier alpha value is -1.92. The van der Waals surface area contributed by atoms with Crippen LogP contribution in [0.5, 0.6) is 0 Å². The highest BCUT2D eigenvalue weighted by molar-refractivity contribution is 5.95. The van der Waals surface area contributed by atoms with Crippen LogP contribution >= 0.6 is 0 Å². The fourth-order valence-electron chi connectivity index (χ4n) is 1.38. The highest BCUT2D eigenvalue weighted by atomic mass is 16.5. The van der Waals surface area contributed by atoms with Crippen LogP contribution in [0.3, 0.4) is 0 Å². The normalized spacial score (nSPS) is 10.1. The van der Waals surface area contributed by atoms with Gasteiger partial charge in [0.1, 0.15) is 6.61 Å². The fourth-order valence-corrected chi connectivity index (χ4v) is 1.38. The number of carbonyl (C=O) groups is 2. The minimum absolute atomic E-state index is 0.104. The predicted molar refractivity (Wildman–Crippen MR) is 66.6 cm³/mol. The van der Waals surface area contributed by atoms with Crippen LogP contribution in [-0.4, -0.2) is 36.7 Å². The summed E-state index contributed by atoms with van der Waals surface area (Å²) in [5.74, 6) is -1.37. The van der Waals surface area contributed by atoms with Gasteiger partial charge < -0.3 is 20.9 Å².